The van der Waals surface area contributed by atoms with Gasteiger partial charge in [0, 0.05) is 53.9 Å². The molecule has 4 heterocycles. The summed E-state index contributed by atoms with van der Waals surface area (Å²) in [6.45, 7) is 3.33. The Morgan fingerprint density at radius 2 is 1.82 bits per heavy atom. The number of morpholine rings is 1. The van der Waals surface area contributed by atoms with Gasteiger partial charge in [0.05, 0.1) is 13.2 Å². The number of benzene rings is 1. The number of hydrogen-bond acceptors (Lipinski definition) is 4. The van der Waals surface area contributed by atoms with E-state index in [0.29, 0.717) is 0 Å². The zero-order valence-corrected chi connectivity index (χ0v) is 15.3. The standard InChI is InChI=1S/C22H20N4O2/c27-21-13-16(19-14-24-22-18(19)2-1-7-23-22)12-20(25-21)15-3-5-17(6-4-15)26-8-10-28-11-9-26/h1-7,12-14H,8-11H2,(H,23,24)(H,25,27). The number of H-pyrrole nitrogens is 2. The SMILES string of the molecule is O=c1cc(-c2c[nH]c3ncccc23)cc(-c2ccc(N3CCOCC3)cc2)[nH]1. The molecule has 5 rings (SSSR count). The predicted molar refractivity (Wildman–Crippen MR) is 111 cm³/mol. The van der Waals surface area contributed by atoms with Crippen LogP contribution in [0.2, 0.25) is 0 Å². The lowest BCUT2D eigenvalue weighted by molar-refractivity contribution is 0.122. The van der Waals surface area contributed by atoms with Gasteiger partial charge in [0.25, 0.3) is 0 Å². The molecule has 1 fully saturated rings. The first kappa shape index (κ1) is 16.8. The van der Waals surface area contributed by atoms with E-state index >= 15 is 0 Å². The first-order valence-corrected chi connectivity index (χ1v) is 9.38. The Kier molecular flexibility index (Phi) is 4.18. The molecule has 28 heavy (non-hydrogen) atoms. The van der Waals surface area contributed by atoms with Crippen LogP contribution in [0.15, 0.2) is 65.7 Å². The van der Waals surface area contributed by atoms with Crippen LogP contribution >= 0.6 is 0 Å². The number of aromatic nitrogens is 3. The monoisotopic (exact) mass is 372 g/mol. The van der Waals surface area contributed by atoms with E-state index in [4.69, 9.17) is 4.74 Å². The molecule has 0 bridgehead atoms. The van der Waals surface area contributed by atoms with Crippen molar-refractivity contribution in [2.24, 2.45) is 0 Å². The van der Waals surface area contributed by atoms with Crippen molar-refractivity contribution in [3.8, 4) is 22.4 Å². The van der Waals surface area contributed by atoms with Gasteiger partial charge in [-0.1, -0.05) is 12.1 Å². The van der Waals surface area contributed by atoms with Crippen molar-refractivity contribution in [2.45, 2.75) is 0 Å². The van der Waals surface area contributed by atoms with E-state index < -0.39 is 0 Å². The highest BCUT2D eigenvalue weighted by Gasteiger charge is 2.12. The first-order valence-electron chi connectivity index (χ1n) is 9.38. The summed E-state index contributed by atoms with van der Waals surface area (Å²) < 4.78 is 5.42. The Balaban J connectivity index is 1.51. The zero-order valence-electron chi connectivity index (χ0n) is 15.3. The van der Waals surface area contributed by atoms with Gasteiger partial charge >= 0.3 is 0 Å². The molecule has 0 aliphatic carbocycles. The molecular weight excluding hydrogens is 352 g/mol. The number of nitrogens with one attached hydrogen (secondary N) is 2. The van der Waals surface area contributed by atoms with E-state index in [1.807, 2.05) is 24.4 Å². The number of nitrogens with zero attached hydrogens (tertiary/aromatic N) is 2. The highest BCUT2D eigenvalue weighted by Crippen LogP contribution is 2.29. The molecule has 0 amide bonds. The summed E-state index contributed by atoms with van der Waals surface area (Å²) in [6, 6.07) is 15.8. The second-order valence-electron chi connectivity index (χ2n) is 6.90. The van der Waals surface area contributed by atoms with Crippen molar-refractivity contribution >= 4 is 16.7 Å². The highest BCUT2D eigenvalue weighted by atomic mass is 16.5. The average molecular weight is 372 g/mol. The minimum Gasteiger partial charge on any atom is -0.378 e. The summed E-state index contributed by atoms with van der Waals surface area (Å²) in [5.41, 5.74) is 5.49. The lowest BCUT2D eigenvalue weighted by Gasteiger charge is -2.28. The zero-order chi connectivity index (χ0) is 18.9. The second-order valence-corrected chi connectivity index (χ2v) is 6.90. The molecule has 0 unspecified atom stereocenters. The first-order chi connectivity index (χ1) is 13.8. The van der Waals surface area contributed by atoms with E-state index in [2.05, 4.69) is 44.1 Å². The third-order valence-corrected chi connectivity index (χ3v) is 5.16. The van der Waals surface area contributed by atoms with Crippen LogP contribution in [0.25, 0.3) is 33.4 Å². The number of rotatable bonds is 3. The lowest BCUT2D eigenvalue weighted by atomic mass is 10.0. The van der Waals surface area contributed by atoms with Crippen molar-refractivity contribution < 1.29 is 4.74 Å². The third kappa shape index (κ3) is 3.08. The Bertz CT molecular complexity index is 1170. The molecule has 0 atom stereocenters. The maximum absolute atomic E-state index is 12.3. The Morgan fingerprint density at radius 1 is 1.00 bits per heavy atom. The maximum atomic E-state index is 12.3. The van der Waals surface area contributed by atoms with Crippen LogP contribution in [0.4, 0.5) is 5.69 Å². The van der Waals surface area contributed by atoms with Crippen LogP contribution < -0.4 is 10.5 Å². The number of ether oxygens (including phenoxy) is 1. The summed E-state index contributed by atoms with van der Waals surface area (Å²) >= 11 is 0. The average Bonchev–Trinajstić information content (AvgIpc) is 3.18. The molecule has 0 saturated carbocycles. The molecule has 6 nitrogen and oxygen atoms in total. The smallest absolute Gasteiger partial charge is 0.249 e. The van der Waals surface area contributed by atoms with Crippen LogP contribution in [-0.4, -0.2) is 41.3 Å². The van der Waals surface area contributed by atoms with Gasteiger partial charge in [-0.15, -0.1) is 0 Å². The van der Waals surface area contributed by atoms with Crippen LogP contribution in [0.1, 0.15) is 0 Å². The number of anilines is 1. The number of pyridine rings is 2. The van der Waals surface area contributed by atoms with Gasteiger partial charge < -0.3 is 19.6 Å². The van der Waals surface area contributed by atoms with Gasteiger partial charge in [0.2, 0.25) is 5.56 Å². The third-order valence-electron chi connectivity index (χ3n) is 5.16. The van der Waals surface area contributed by atoms with Crippen molar-refractivity contribution in [3.63, 3.8) is 0 Å². The van der Waals surface area contributed by atoms with Crippen LogP contribution in [0.5, 0.6) is 0 Å². The van der Waals surface area contributed by atoms with Crippen LogP contribution in [-0.2, 0) is 4.74 Å². The second kappa shape index (κ2) is 6.98. The molecule has 0 spiro atoms. The van der Waals surface area contributed by atoms with Crippen LogP contribution in [0.3, 0.4) is 0 Å². The fourth-order valence-corrected chi connectivity index (χ4v) is 3.72. The van der Waals surface area contributed by atoms with E-state index in [0.717, 1.165) is 59.7 Å². The number of aromatic amines is 2. The summed E-state index contributed by atoms with van der Waals surface area (Å²) in [5.74, 6) is 0. The largest absolute Gasteiger partial charge is 0.378 e. The van der Waals surface area contributed by atoms with Gasteiger partial charge in [0.1, 0.15) is 5.65 Å². The fourth-order valence-electron chi connectivity index (χ4n) is 3.72. The quantitative estimate of drug-likeness (QED) is 0.578. The molecule has 2 N–H and O–H groups in total. The molecule has 4 aromatic rings. The maximum Gasteiger partial charge on any atom is 0.249 e. The Labute approximate surface area is 161 Å². The van der Waals surface area contributed by atoms with Crippen molar-refractivity contribution in [1.29, 1.82) is 0 Å². The molecule has 140 valence electrons. The highest BCUT2D eigenvalue weighted by molar-refractivity contribution is 5.94. The van der Waals surface area contributed by atoms with Crippen molar-refractivity contribution in [2.75, 3.05) is 31.2 Å². The fraction of sp³-hybridized carbons (Fsp3) is 0.182. The summed E-state index contributed by atoms with van der Waals surface area (Å²) in [4.78, 5) is 25.1. The lowest BCUT2D eigenvalue weighted by Crippen LogP contribution is -2.36. The molecule has 3 aromatic heterocycles. The van der Waals surface area contributed by atoms with E-state index in [9.17, 15) is 4.79 Å². The van der Waals surface area contributed by atoms with E-state index in [-0.39, 0.29) is 5.56 Å². The van der Waals surface area contributed by atoms with Gasteiger partial charge in [-0.25, -0.2) is 4.98 Å². The molecule has 1 aliphatic heterocycles. The molecule has 1 aromatic carbocycles. The van der Waals surface area contributed by atoms with E-state index in [1.54, 1.807) is 12.3 Å². The predicted octanol–water partition coefficient (Wildman–Crippen LogP) is 3.42. The topological polar surface area (TPSA) is 74.0 Å². The summed E-state index contributed by atoms with van der Waals surface area (Å²) in [5, 5.41) is 1.00. The number of hydrogen-bond donors (Lipinski definition) is 2. The number of fused-ring (bicyclic) bond motifs is 1. The van der Waals surface area contributed by atoms with Crippen molar-refractivity contribution in [3.05, 3.63) is 71.3 Å². The molecule has 1 saturated heterocycles. The minimum atomic E-state index is -0.122. The molecule has 1 aliphatic rings. The van der Waals surface area contributed by atoms with Crippen molar-refractivity contribution in [1.82, 2.24) is 15.0 Å². The van der Waals surface area contributed by atoms with Crippen LogP contribution in [0, 0.1) is 0 Å². The Hall–Kier alpha value is -3.38. The minimum absolute atomic E-state index is 0.122. The molecular formula is C22H20N4O2. The Morgan fingerprint density at radius 3 is 2.64 bits per heavy atom. The molecule has 0 radical (unpaired) electrons. The van der Waals surface area contributed by atoms with Gasteiger partial charge in [-0.3, -0.25) is 4.79 Å². The van der Waals surface area contributed by atoms with E-state index in [1.165, 1.54) is 5.69 Å². The summed E-state index contributed by atoms with van der Waals surface area (Å²) in [6.07, 6.45) is 3.65. The van der Waals surface area contributed by atoms with Gasteiger partial charge in [-0.05, 0) is 41.5 Å². The van der Waals surface area contributed by atoms with Gasteiger partial charge in [0.15, 0.2) is 0 Å². The van der Waals surface area contributed by atoms with Gasteiger partial charge in [-0.2, -0.15) is 0 Å². The summed E-state index contributed by atoms with van der Waals surface area (Å²) in [7, 11) is 0. The normalized spacial score (nSPS) is 14.5. The molecule has 6 heteroatoms.